The SMILES string of the molecule is COc1c(C)cccc1C[Si](C)(C1C=CC=C1)C1C=CC=C1. The van der Waals surface area contributed by atoms with Gasteiger partial charge in [0.05, 0.1) is 15.2 Å². The molecule has 114 valence electrons. The van der Waals surface area contributed by atoms with E-state index < -0.39 is 8.07 Å². The number of ether oxygens (including phenoxy) is 1. The van der Waals surface area contributed by atoms with Crippen LogP contribution in [-0.4, -0.2) is 15.2 Å². The van der Waals surface area contributed by atoms with Gasteiger partial charge in [0.1, 0.15) is 5.75 Å². The minimum absolute atomic E-state index is 0.593. The Bertz CT molecular complexity index is 614. The summed E-state index contributed by atoms with van der Waals surface area (Å²) in [5, 5.41) is 0. The fourth-order valence-corrected chi connectivity index (χ4v) is 7.97. The van der Waals surface area contributed by atoms with Gasteiger partial charge in [-0.2, -0.15) is 0 Å². The number of hydrogen-bond acceptors (Lipinski definition) is 1. The van der Waals surface area contributed by atoms with Crippen molar-refractivity contribution in [3.05, 3.63) is 77.9 Å². The predicted molar refractivity (Wildman–Crippen MR) is 97.1 cm³/mol. The van der Waals surface area contributed by atoms with Crippen molar-refractivity contribution in [1.29, 1.82) is 0 Å². The molecule has 0 aliphatic heterocycles. The fourth-order valence-electron chi connectivity index (χ4n) is 3.76. The van der Waals surface area contributed by atoms with Crippen molar-refractivity contribution in [3.63, 3.8) is 0 Å². The summed E-state index contributed by atoms with van der Waals surface area (Å²) in [6.45, 7) is 4.66. The minimum atomic E-state index is -1.62. The molecule has 1 nitrogen and oxygen atoms in total. The van der Waals surface area contributed by atoms with E-state index in [0.29, 0.717) is 11.1 Å². The molecule has 22 heavy (non-hydrogen) atoms. The van der Waals surface area contributed by atoms with Crippen molar-refractivity contribution < 1.29 is 4.74 Å². The van der Waals surface area contributed by atoms with Gasteiger partial charge in [-0.3, -0.25) is 0 Å². The molecule has 1 aromatic rings. The van der Waals surface area contributed by atoms with Crippen molar-refractivity contribution in [3.8, 4) is 5.75 Å². The summed E-state index contributed by atoms with van der Waals surface area (Å²) in [6.07, 6.45) is 18.3. The van der Waals surface area contributed by atoms with Gasteiger partial charge in [-0.05, 0) is 35.2 Å². The summed E-state index contributed by atoms with van der Waals surface area (Å²) in [6, 6.07) is 7.66. The van der Waals surface area contributed by atoms with Gasteiger partial charge in [-0.25, -0.2) is 0 Å². The number of allylic oxidation sites excluding steroid dienone is 8. The zero-order valence-corrected chi connectivity index (χ0v) is 14.6. The van der Waals surface area contributed by atoms with Gasteiger partial charge in [-0.1, -0.05) is 73.4 Å². The summed E-state index contributed by atoms with van der Waals surface area (Å²) < 4.78 is 5.70. The minimum Gasteiger partial charge on any atom is -0.496 e. The lowest BCUT2D eigenvalue weighted by Gasteiger charge is -2.36. The molecular weight excluding hydrogens is 284 g/mol. The number of benzene rings is 1. The highest BCUT2D eigenvalue weighted by Gasteiger charge is 2.41. The molecule has 3 rings (SSSR count). The van der Waals surface area contributed by atoms with Crippen LogP contribution in [0.5, 0.6) is 5.75 Å². The highest BCUT2D eigenvalue weighted by atomic mass is 28.3. The molecule has 2 aliphatic carbocycles. The molecule has 0 fully saturated rings. The lowest BCUT2D eigenvalue weighted by Crippen LogP contribution is -2.41. The second-order valence-electron chi connectivity index (χ2n) is 6.54. The largest absolute Gasteiger partial charge is 0.496 e. The van der Waals surface area contributed by atoms with Crippen molar-refractivity contribution in [2.75, 3.05) is 7.11 Å². The zero-order valence-electron chi connectivity index (χ0n) is 13.6. The molecule has 0 saturated heterocycles. The maximum atomic E-state index is 5.70. The summed E-state index contributed by atoms with van der Waals surface area (Å²) in [5.74, 6) is 1.07. The molecule has 2 heteroatoms. The monoisotopic (exact) mass is 308 g/mol. The van der Waals surface area contributed by atoms with Gasteiger partial charge >= 0.3 is 0 Å². The molecular formula is C20H24OSi. The molecule has 0 amide bonds. The van der Waals surface area contributed by atoms with Crippen molar-refractivity contribution in [1.82, 2.24) is 0 Å². The van der Waals surface area contributed by atoms with E-state index in [1.165, 1.54) is 11.1 Å². The van der Waals surface area contributed by atoms with E-state index in [2.05, 4.69) is 80.3 Å². The Labute approximate surface area is 134 Å². The quantitative estimate of drug-likeness (QED) is 0.683. The van der Waals surface area contributed by atoms with Gasteiger partial charge < -0.3 is 4.74 Å². The molecule has 0 radical (unpaired) electrons. The Morgan fingerprint density at radius 1 is 0.955 bits per heavy atom. The van der Waals surface area contributed by atoms with Crippen LogP contribution < -0.4 is 4.74 Å². The average Bonchev–Trinajstić information content (AvgIpc) is 3.21. The summed E-state index contributed by atoms with van der Waals surface area (Å²) in [7, 11) is 0.165. The van der Waals surface area contributed by atoms with E-state index in [1.807, 2.05) is 0 Å². The Balaban J connectivity index is 1.99. The van der Waals surface area contributed by atoms with Gasteiger partial charge in [0.15, 0.2) is 0 Å². The standard InChI is InChI=1S/C20H24OSi/c1-16-9-8-10-17(20(16)21-2)15-22(3,18-11-4-5-12-18)19-13-6-7-14-19/h4-14,18-19H,15H2,1-3H3. The van der Waals surface area contributed by atoms with Gasteiger partial charge in [0, 0.05) is 0 Å². The third-order valence-corrected chi connectivity index (χ3v) is 10.0. The van der Waals surface area contributed by atoms with Crippen LogP contribution in [0, 0.1) is 6.92 Å². The van der Waals surface area contributed by atoms with Crippen LogP contribution >= 0.6 is 0 Å². The van der Waals surface area contributed by atoms with E-state index in [-0.39, 0.29) is 0 Å². The van der Waals surface area contributed by atoms with Crippen LogP contribution in [0.2, 0.25) is 17.6 Å². The van der Waals surface area contributed by atoms with Gasteiger partial charge in [0.25, 0.3) is 0 Å². The molecule has 0 N–H and O–H groups in total. The molecule has 0 spiro atoms. The Kier molecular flexibility index (Phi) is 4.21. The molecule has 1 aromatic carbocycles. The lowest BCUT2D eigenvalue weighted by molar-refractivity contribution is 0.408. The second kappa shape index (κ2) is 6.13. The van der Waals surface area contributed by atoms with Crippen LogP contribution in [-0.2, 0) is 6.04 Å². The number of rotatable bonds is 5. The van der Waals surface area contributed by atoms with Crippen molar-refractivity contribution >= 4 is 8.07 Å². The number of aryl methyl sites for hydroxylation is 1. The molecule has 0 heterocycles. The third-order valence-electron chi connectivity index (χ3n) is 5.09. The highest BCUT2D eigenvalue weighted by Crippen LogP contribution is 2.44. The van der Waals surface area contributed by atoms with Gasteiger partial charge in [0.2, 0.25) is 0 Å². The Hall–Kier alpha value is -1.80. The van der Waals surface area contributed by atoms with Crippen LogP contribution in [0.15, 0.2) is 66.8 Å². The van der Waals surface area contributed by atoms with Crippen LogP contribution in [0.25, 0.3) is 0 Å². The molecule has 0 atom stereocenters. The Morgan fingerprint density at radius 2 is 1.50 bits per heavy atom. The number of para-hydroxylation sites is 1. The maximum absolute atomic E-state index is 5.70. The van der Waals surface area contributed by atoms with E-state index in [1.54, 1.807) is 7.11 Å². The highest BCUT2D eigenvalue weighted by molar-refractivity contribution is 6.82. The predicted octanol–water partition coefficient (Wildman–Crippen LogP) is 5.16. The Morgan fingerprint density at radius 3 is 2.00 bits per heavy atom. The lowest BCUT2D eigenvalue weighted by atomic mass is 10.1. The second-order valence-corrected chi connectivity index (χ2v) is 11.2. The first-order valence-corrected chi connectivity index (χ1v) is 10.8. The fraction of sp³-hybridized carbons (Fsp3) is 0.300. The summed E-state index contributed by atoms with van der Waals surface area (Å²) in [4.78, 5) is 0. The number of methoxy groups -OCH3 is 1. The van der Waals surface area contributed by atoms with Gasteiger partial charge in [-0.15, -0.1) is 0 Å². The smallest absolute Gasteiger partial charge is 0.124 e. The molecule has 0 aromatic heterocycles. The van der Waals surface area contributed by atoms with E-state index >= 15 is 0 Å². The maximum Gasteiger partial charge on any atom is 0.124 e. The summed E-state index contributed by atoms with van der Waals surface area (Å²) >= 11 is 0. The first-order chi connectivity index (χ1) is 10.6. The molecule has 0 bridgehead atoms. The first kappa shape index (κ1) is 15.1. The van der Waals surface area contributed by atoms with E-state index in [9.17, 15) is 0 Å². The summed E-state index contributed by atoms with van der Waals surface area (Å²) in [5.41, 5.74) is 3.77. The van der Waals surface area contributed by atoms with Crippen molar-refractivity contribution in [2.45, 2.75) is 30.6 Å². The third kappa shape index (κ3) is 2.63. The van der Waals surface area contributed by atoms with E-state index in [0.717, 1.165) is 11.8 Å². The normalized spacial score (nSPS) is 17.8. The topological polar surface area (TPSA) is 9.23 Å². The number of hydrogen-bond donors (Lipinski definition) is 0. The molecule has 2 aliphatic rings. The first-order valence-electron chi connectivity index (χ1n) is 7.97. The van der Waals surface area contributed by atoms with Crippen LogP contribution in [0.3, 0.4) is 0 Å². The zero-order chi connectivity index (χ0) is 15.6. The van der Waals surface area contributed by atoms with Crippen molar-refractivity contribution in [2.24, 2.45) is 0 Å². The van der Waals surface area contributed by atoms with Crippen LogP contribution in [0.1, 0.15) is 11.1 Å². The van der Waals surface area contributed by atoms with E-state index in [4.69, 9.17) is 4.74 Å². The molecule has 0 saturated carbocycles. The molecule has 0 unspecified atom stereocenters. The average molecular weight is 308 g/mol. The van der Waals surface area contributed by atoms with Crippen LogP contribution in [0.4, 0.5) is 0 Å².